The van der Waals surface area contributed by atoms with E-state index in [-0.39, 0.29) is 16.2 Å². The Balaban J connectivity index is 2.19. The number of aliphatic hydroxyl groups excluding tert-OH is 1. The second-order valence-corrected chi connectivity index (χ2v) is 6.45. The normalized spacial score (nSPS) is 21.0. The molecular weight excluding hydrogens is 408 g/mol. The van der Waals surface area contributed by atoms with Gasteiger partial charge in [0, 0.05) is 5.56 Å². The van der Waals surface area contributed by atoms with E-state index in [1.165, 1.54) is 30.3 Å². The first-order valence-corrected chi connectivity index (χ1v) is 8.49. The van der Waals surface area contributed by atoms with Gasteiger partial charge in [-0.15, -0.1) is 0 Å². The highest BCUT2D eigenvalue weighted by Crippen LogP contribution is 2.45. The number of anilines is 1. The molecule has 1 fully saturated rings. The number of rotatable bonds is 3. The fourth-order valence-corrected chi connectivity index (χ4v) is 3.17. The number of aliphatic hydroxyl groups is 1. The number of alkyl halides is 3. The highest BCUT2D eigenvalue weighted by atomic mass is 19.4. The highest BCUT2D eigenvalue weighted by Gasteiger charge is 2.72. The Morgan fingerprint density at radius 3 is 2.10 bits per heavy atom. The molecule has 0 bridgehead atoms. The van der Waals surface area contributed by atoms with Gasteiger partial charge < -0.3 is 10.4 Å². The van der Waals surface area contributed by atoms with Crippen LogP contribution in [0, 0.1) is 5.82 Å². The average molecular weight is 422 g/mol. The van der Waals surface area contributed by atoms with E-state index in [0.29, 0.717) is 0 Å². The van der Waals surface area contributed by atoms with Gasteiger partial charge in [0.15, 0.2) is 0 Å². The van der Waals surface area contributed by atoms with Crippen molar-refractivity contribution >= 4 is 23.4 Å². The van der Waals surface area contributed by atoms with E-state index in [1.54, 1.807) is 5.32 Å². The topological polar surface area (TPSA) is 86.7 Å². The number of carbonyl (C=O) groups excluding carboxylic acids is 3. The van der Waals surface area contributed by atoms with Gasteiger partial charge in [0.2, 0.25) is 0 Å². The van der Waals surface area contributed by atoms with Gasteiger partial charge in [0.1, 0.15) is 11.6 Å². The molecule has 1 aliphatic heterocycles. The maximum Gasteiger partial charge on any atom is 0.425 e. The number of imide groups is 1. The quantitative estimate of drug-likeness (QED) is 0.344. The first-order chi connectivity index (χ1) is 14.0. The van der Waals surface area contributed by atoms with Crippen molar-refractivity contribution in [3.63, 3.8) is 0 Å². The summed E-state index contributed by atoms with van der Waals surface area (Å²) in [7, 11) is 0. The Morgan fingerprint density at radius 2 is 1.60 bits per heavy atom. The second-order valence-electron chi connectivity index (χ2n) is 6.45. The molecule has 0 aliphatic carbocycles. The minimum absolute atomic E-state index is 0.173. The molecule has 2 aromatic carbocycles. The zero-order valence-corrected chi connectivity index (χ0v) is 15.3. The summed E-state index contributed by atoms with van der Waals surface area (Å²) in [5, 5.41) is 11.5. The molecule has 156 valence electrons. The van der Waals surface area contributed by atoms with Crippen LogP contribution in [0.1, 0.15) is 17.3 Å². The third kappa shape index (κ3) is 3.19. The Morgan fingerprint density at radius 1 is 1.03 bits per heavy atom. The van der Waals surface area contributed by atoms with Crippen molar-refractivity contribution in [1.29, 1.82) is 0 Å². The molecule has 0 saturated carbocycles. The van der Waals surface area contributed by atoms with Gasteiger partial charge in [0.05, 0.1) is 11.3 Å². The monoisotopic (exact) mass is 422 g/mol. The molecule has 30 heavy (non-hydrogen) atoms. The number of allylic oxidation sites excluding steroid dienone is 1. The molecule has 1 heterocycles. The first kappa shape index (κ1) is 21.0. The van der Waals surface area contributed by atoms with E-state index in [1.807, 2.05) is 0 Å². The molecule has 3 rings (SSSR count). The molecule has 1 saturated heterocycles. The molecule has 3 amide bonds. The Kier molecular flexibility index (Phi) is 5.11. The standard InChI is InChI=1S/C20H14F4N2O4/c1-11(27)15-17(29)26(14-5-3-2-4-6-14)18(30)19(15,20(22,23)24)25-16(28)12-7-9-13(21)10-8-12/h2-10,27H,1H3,(H,25,28)/b15-11+/t19-/m0/s1. The molecule has 10 heteroatoms. The van der Waals surface area contributed by atoms with Crippen molar-refractivity contribution in [2.24, 2.45) is 0 Å². The van der Waals surface area contributed by atoms with Gasteiger partial charge in [-0.3, -0.25) is 14.4 Å². The summed E-state index contributed by atoms with van der Waals surface area (Å²) in [5.74, 6) is -6.43. The largest absolute Gasteiger partial charge is 0.512 e. The van der Waals surface area contributed by atoms with Crippen LogP contribution in [0.3, 0.4) is 0 Å². The number of hydrogen-bond acceptors (Lipinski definition) is 4. The second kappa shape index (κ2) is 7.29. The molecule has 2 N–H and O–H groups in total. The van der Waals surface area contributed by atoms with Crippen LogP contribution in [0.5, 0.6) is 0 Å². The number of hydrogen-bond donors (Lipinski definition) is 2. The molecular formula is C20H14F4N2O4. The van der Waals surface area contributed by atoms with Gasteiger partial charge >= 0.3 is 6.18 Å². The predicted molar refractivity (Wildman–Crippen MR) is 96.9 cm³/mol. The number of carbonyl (C=O) groups is 3. The van der Waals surface area contributed by atoms with Crippen LogP contribution >= 0.6 is 0 Å². The van der Waals surface area contributed by atoms with Gasteiger partial charge in [-0.05, 0) is 43.3 Å². The van der Waals surface area contributed by atoms with Crippen molar-refractivity contribution in [2.75, 3.05) is 4.90 Å². The van der Waals surface area contributed by atoms with Crippen molar-refractivity contribution < 1.29 is 37.1 Å². The van der Waals surface area contributed by atoms with Gasteiger partial charge in [-0.25, -0.2) is 9.29 Å². The summed E-state index contributed by atoms with van der Waals surface area (Å²) in [6, 6.07) is 10.3. The van der Waals surface area contributed by atoms with Gasteiger partial charge in [-0.2, -0.15) is 13.2 Å². The number of para-hydroxylation sites is 1. The number of halogens is 4. The molecule has 1 aliphatic rings. The summed E-state index contributed by atoms with van der Waals surface area (Å²) in [6.07, 6.45) is -5.49. The van der Waals surface area contributed by atoms with Gasteiger partial charge in [0.25, 0.3) is 23.3 Å². The third-order valence-corrected chi connectivity index (χ3v) is 4.52. The molecule has 0 aromatic heterocycles. The zero-order valence-electron chi connectivity index (χ0n) is 15.3. The lowest BCUT2D eigenvalue weighted by molar-refractivity contribution is -0.184. The fraction of sp³-hybridized carbons (Fsp3) is 0.150. The lowest BCUT2D eigenvalue weighted by Crippen LogP contribution is -2.64. The smallest absolute Gasteiger partial charge is 0.425 e. The SMILES string of the molecule is C/C(O)=C1/C(=O)N(c2ccccc2)C(=O)[C@]1(NC(=O)c1ccc(F)cc1)C(F)(F)F. The van der Waals surface area contributed by atoms with Crippen LogP contribution in [0.4, 0.5) is 23.2 Å². The summed E-state index contributed by atoms with van der Waals surface area (Å²) >= 11 is 0. The molecule has 0 unspecified atom stereocenters. The minimum Gasteiger partial charge on any atom is -0.512 e. The highest BCUT2D eigenvalue weighted by molar-refractivity contribution is 6.34. The van der Waals surface area contributed by atoms with Crippen molar-refractivity contribution in [2.45, 2.75) is 18.6 Å². The maximum absolute atomic E-state index is 14.3. The zero-order chi connectivity index (χ0) is 22.3. The Hall–Kier alpha value is -3.69. The summed E-state index contributed by atoms with van der Waals surface area (Å²) < 4.78 is 55.9. The van der Waals surface area contributed by atoms with Gasteiger partial charge in [-0.1, -0.05) is 18.2 Å². The maximum atomic E-state index is 14.3. The van der Waals surface area contributed by atoms with Crippen molar-refractivity contribution in [3.8, 4) is 0 Å². The van der Waals surface area contributed by atoms with E-state index in [0.717, 1.165) is 31.2 Å². The van der Waals surface area contributed by atoms with Crippen LogP contribution in [0.2, 0.25) is 0 Å². The minimum atomic E-state index is -5.49. The Bertz CT molecular complexity index is 1040. The lowest BCUT2D eigenvalue weighted by atomic mass is 9.89. The molecule has 0 radical (unpaired) electrons. The molecule has 6 nitrogen and oxygen atoms in total. The fourth-order valence-electron chi connectivity index (χ4n) is 3.17. The van der Waals surface area contributed by atoms with E-state index < -0.39 is 46.6 Å². The summed E-state index contributed by atoms with van der Waals surface area (Å²) in [5.41, 5.74) is -5.70. The number of nitrogens with one attached hydrogen (secondary N) is 1. The molecule has 1 atom stereocenters. The number of amides is 3. The van der Waals surface area contributed by atoms with Crippen LogP contribution < -0.4 is 10.2 Å². The van der Waals surface area contributed by atoms with Crippen LogP contribution in [-0.2, 0) is 9.59 Å². The van der Waals surface area contributed by atoms with E-state index >= 15 is 0 Å². The third-order valence-electron chi connectivity index (χ3n) is 4.52. The van der Waals surface area contributed by atoms with Crippen LogP contribution in [-0.4, -0.2) is 34.5 Å². The first-order valence-electron chi connectivity index (χ1n) is 8.49. The van der Waals surface area contributed by atoms with E-state index in [2.05, 4.69) is 0 Å². The van der Waals surface area contributed by atoms with Crippen molar-refractivity contribution in [1.82, 2.24) is 5.32 Å². The van der Waals surface area contributed by atoms with E-state index in [9.17, 15) is 37.1 Å². The summed E-state index contributed by atoms with van der Waals surface area (Å²) in [6.45, 7) is 0.805. The molecule has 0 spiro atoms. The van der Waals surface area contributed by atoms with Crippen LogP contribution in [0.15, 0.2) is 65.9 Å². The summed E-state index contributed by atoms with van der Waals surface area (Å²) in [4.78, 5) is 38.5. The lowest BCUT2D eigenvalue weighted by Gasteiger charge is -2.31. The number of benzene rings is 2. The van der Waals surface area contributed by atoms with Crippen molar-refractivity contribution in [3.05, 3.63) is 77.3 Å². The van der Waals surface area contributed by atoms with Crippen LogP contribution in [0.25, 0.3) is 0 Å². The average Bonchev–Trinajstić information content (AvgIpc) is 2.90. The van der Waals surface area contributed by atoms with E-state index in [4.69, 9.17) is 0 Å². The Labute approximate surface area is 167 Å². The predicted octanol–water partition coefficient (Wildman–Crippen LogP) is 3.26. The number of nitrogens with zero attached hydrogens (tertiary/aromatic N) is 1. The molecule has 2 aromatic rings.